The Morgan fingerprint density at radius 2 is 2.23 bits per heavy atom. The largest absolute Gasteiger partial charge is 0.485 e. The van der Waals surface area contributed by atoms with Gasteiger partial charge in [-0.1, -0.05) is 12.1 Å². The highest BCUT2D eigenvalue weighted by Gasteiger charge is 2.45. The van der Waals surface area contributed by atoms with Crippen LogP contribution < -0.4 is 4.74 Å². The van der Waals surface area contributed by atoms with Crippen molar-refractivity contribution in [2.24, 2.45) is 0 Å². The van der Waals surface area contributed by atoms with Gasteiger partial charge in [-0.2, -0.15) is 0 Å². The predicted molar refractivity (Wildman–Crippen MR) is 91.3 cm³/mol. The van der Waals surface area contributed by atoms with E-state index in [0.717, 1.165) is 12.8 Å². The molecule has 2 aliphatic heterocycles. The molecule has 1 aromatic carbocycles. The molecule has 6 nitrogen and oxygen atoms in total. The number of aromatic nitrogens is 2. The van der Waals surface area contributed by atoms with Gasteiger partial charge in [-0.3, -0.25) is 9.78 Å². The maximum atomic E-state index is 13.8. The topological polar surface area (TPSA) is 64.6 Å². The smallest absolute Gasteiger partial charge is 0.274 e. The summed E-state index contributed by atoms with van der Waals surface area (Å²) in [5.74, 6) is -0.280. The fourth-order valence-electron chi connectivity index (χ4n) is 3.73. The van der Waals surface area contributed by atoms with Gasteiger partial charge in [0.1, 0.15) is 11.8 Å². The first-order chi connectivity index (χ1) is 12.7. The van der Waals surface area contributed by atoms with Crippen LogP contribution in [0.25, 0.3) is 0 Å². The Morgan fingerprint density at radius 1 is 1.35 bits per heavy atom. The minimum atomic E-state index is -0.438. The van der Waals surface area contributed by atoms with Crippen LogP contribution >= 0.6 is 0 Å². The third-order valence-electron chi connectivity index (χ3n) is 4.91. The Hall–Kier alpha value is -2.54. The summed E-state index contributed by atoms with van der Waals surface area (Å²) >= 11 is 0. The molecule has 2 atom stereocenters. The summed E-state index contributed by atoms with van der Waals surface area (Å²) in [6.07, 6.45) is 6.64. The molecule has 136 valence electrons. The van der Waals surface area contributed by atoms with Crippen LogP contribution in [0.1, 0.15) is 29.8 Å². The fourth-order valence-corrected chi connectivity index (χ4v) is 3.73. The molecule has 2 fully saturated rings. The van der Waals surface area contributed by atoms with E-state index in [2.05, 4.69) is 9.97 Å². The monoisotopic (exact) mass is 357 g/mol. The van der Waals surface area contributed by atoms with Crippen LogP contribution in [-0.4, -0.2) is 52.2 Å². The fraction of sp³-hybridized carbons (Fsp3) is 0.421. The number of likely N-dealkylation sites (tertiary alicyclic amines) is 1. The average molecular weight is 357 g/mol. The molecule has 0 saturated carbocycles. The Balaban J connectivity index is 1.43. The quantitative estimate of drug-likeness (QED) is 0.844. The highest BCUT2D eigenvalue weighted by Crippen LogP contribution is 2.36. The molecule has 0 bridgehead atoms. The summed E-state index contributed by atoms with van der Waals surface area (Å²) in [5, 5.41) is 0. The molecule has 2 aromatic rings. The van der Waals surface area contributed by atoms with Crippen LogP contribution in [0.3, 0.4) is 0 Å². The molecule has 1 amide bonds. The molecule has 2 saturated heterocycles. The average Bonchev–Trinajstić information content (AvgIpc) is 3.05. The van der Waals surface area contributed by atoms with Crippen LogP contribution in [0, 0.1) is 5.82 Å². The van der Waals surface area contributed by atoms with Gasteiger partial charge >= 0.3 is 0 Å². The lowest BCUT2D eigenvalue weighted by Crippen LogP contribution is -2.50. The minimum absolute atomic E-state index is 0.140. The van der Waals surface area contributed by atoms with E-state index >= 15 is 0 Å². The number of hydrogen-bond donors (Lipinski definition) is 0. The molecular formula is C19H20FN3O3. The number of benzene rings is 1. The molecule has 0 unspecified atom stereocenters. The molecule has 0 N–H and O–H groups in total. The van der Waals surface area contributed by atoms with E-state index in [9.17, 15) is 9.18 Å². The van der Waals surface area contributed by atoms with Crippen molar-refractivity contribution in [3.05, 3.63) is 54.4 Å². The first kappa shape index (κ1) is 16.9. The van der Waals surface area contributed by atoms with Crippen molar-refractivity contribution in [1.29, 1.82) is 0 Å². The van der Waals surface area contributed by atoms with E-state index in [1.165, 1.54) is 18.5 Å². The van der Waals surface area contributed by atoms with E-state index in [0.29, 0.717) is 31.8 Å². The minimum Gasteiger partial charge on any atom is -0.485 e. The molecule has 1 aromatic heterocycles. The van der Waals surface area contributed by atoms with Crippen molar-refractivity contribution in [1.82, 2.24) is 14.9 Å². The van der Waals surface area contributed by atoms with E-state index in [4.69, 9.17) is 9.47 Å². The highest BCUT2D eigenvalue weighted by molar-refractivity contribution is 5.92. The van der Waals surface area contributed by atoms with Crippen LogP contribution in [0.4, 0.5) is 4.39 Å². The zero-order valence-electron chi connectivity index (χ0n) is 14.3. The molecule has 0 aliphatic carbocycles. The van der Waals surface area contributed by atoms with Gasteiger partial charge in [0, 0.05) is 25.4 Å². The number of carbonyl (C=O) groups is 1. The number of para-hydroxylation sites is 1. The van der Waals surface area contributed by atoms with Crippen LogP contribution in [0.2, 0.25) is 0 Å². The standard InChI is InChI=1S/C19H20FN3O3/c20-15-4-1-2-5-17(15)26-14-10-19(25-12-14)6-3-9-23(13-19)18(24)16-11-21-7-8-22-16/h1-2,4-5,7-8,11,14H,3,6,9-10,12-13H2/t14-,19-/m1/s1. The van der Waals surface area contributed by atoms with Gasteiger partial charge in [-0.15, -0.1) is 0 Å². The Morgan fingerprint density at radius 3 is 3.04 bits per heavy atom. The molecular weight excluding hydrogens is 337 g/mol. The third-order valence-corrected chi connectivity index (χ3v) is 4.91. The Bertz CT molecular complexity index is 789. The van der Waals surface area contributed by atoms with Gasteiger partial charge in [-0.25, -0.2) is 9.37 Å². The van der Waals surface area contributed by atoms with E-state index in [1.807, 2.05) is 0 Å². The van der Waals surface area contributed by atoms with Crippen LogP contribution in [0.5, 0.6) is 5.75 Å². The van der Waals surface area contributed by atoms with Gasteiger partial charge in [0.2, 0.25) is 0 Å². The molecule has 26 heavy (non-hydrogen) atoms. The second-order valence-corrected chi connectivity index (χ2v) is 6.79. The molecule has 4 rings (SSSR count). The van der Waals surface area contributed by atoms with E-state index in [-0.39, 0.29) is 23.6 Å². The van der Waals surface area contributed by atoms with Crippen molar-refractivity contribution in [3.8, 4) is 5.75 Å². The van der Waals surface area contributed by atoms with Gasteiger partial charge < -0.3 is 14.4 Å². The number of carbonyl (C=O) groups excluding carboxylic acids is 1. The summed E-state index contributed by atoms with van der Waals surface area (Å²) in [6.45, 7) is 1.54. The number of piperidine rings is 1. The number of rotatable bonds is 3. The molecule has 3 heterocycles. The molecule has 0 radical (unpaired) electrons. The number of halogens is 1. The van der Waals surface area contributed by atoms with Crippen LogP contribution in [0.15, 0.2) is 42.9 Å². The summed E-state index contributed by atoms with van der Waals surface area (Å²) in [6, 6.07) is 6.37. The lowest BCUT2D eigenvalue weighted by atomic mass is 9.89. The maximum absolute atomic E-state index is 13.8. The third kappa shape index (κ3) is 3.39. The summed E-state index contributed by atoms with van der Waals surface area (Å²) in [4.78, 5) is 22.5. The van der Waals surface area contributed by atoms with Crippen LogP contribution in [-0.2, 0) is 4.74 Å². The molecule has 1 spiro atoms. The number of ether oxygens (including phenoxy) is 2. The normalized spacial score (nSPS) is 25.4. The van der Waals surface area contributed by atoms with Crippen molar-refractivity contribution in [3.63, 3.8) is 0 Å². The zero-order chi connectivity index (χ0) is 18.0. The van der Waals surface area contributed by atoms with Crippen molar-refractivity contribution < 1.29 is 18.7 Å². The van der Waals surface area contributed by atoms with E-state index < -0.39 is 5.60 Å². The van der Waals surface area contributed by atoms with Crippen molar-refractivity contribution in [2.45, 2.75) is 31.0 Å². The number of amides is 1. The van der Waals surface area contributed by atoms with Crippen molar-refractivity contribution in [2.75, 3.05) is 19.7 Å². The first-order valence-electron chi connectivity index (χ1n) is 8.76. The summed E-state index contributed by atoms with van der Waals surface area (Å²) in [7, 11) is 0. The van der Waals surface area contributed by atoms with Crippen molar-refractivity contribution >= 4 is 5.91 Å². The second-order valence-electron chi connectivity index (χ2n) is 6.79. The van der Waals surface area contributed by atoms with E-state index in [1.54, 1.807) is 29.3 Å². The zero-order valence-corrected chi connectivity index (χ0v) is 14.3. The Kier molecular flexibility index (Phi) is 4.55. The van der Waals surface area contributed by atoms with Gasteiger partial charge in [-0.05, 0) is 25.0 Å². The SMILES string of the molecule is O=C(c1cnccn1)N1CCC[C@@]2(C[C@@H](Oc3ccccc3F)CO2)C1. The summed E-state index contributed by atoms with van der Waals surface area (Å²) < 4.78 is 25.6. The molecule has 7 heteroatoms. The van der Waals surface area contributed by atoms with Gasteiger partial charge in [0.05, 0.1) is 24.9 Å². The lowest BCUT2D eigenvalue weighted by Gasteiger charge is -2.39. The lowest BCUT2D eigenvalue weighted by molar-refractivity contribution is -0.0454. The number of hydrogen-bond acceptors (Lipinski definition) is 5. The van der Waals surface area contributed by atoms with Gasteiger partial charge in [0.25, 0.3) is 5.91 Å². The molecule has 2 aliphatic rings. The highest BCUT2D eigenvalue weighted by atomic mass is 19.1. The first-order valence-corrected chi connectivity index (χ1v) is 8.76. The Labute approximate surface area is 151 Å². The summed E-state index contributed by atoms with van der Waals surface area (Å²) in [5.41, 5.74) is -0.104. The maximum Gasteiger partial charge on any atom is 0.274 e. The second kappa shape index (κ2) is 6.99. The van der Waals surface area contributed by atoms with Gasteiger partial charge in [0.15, 0.2) is 11.6 Å². The predicted octanol–water partition coefficient (Wildman–Crippen LogP) is 2.46. The number of nitrogens with zero attached hydrogens (tertiary/aromatic N) is 3.